The Morgan fingerprint density at radius 3 is 2.34 bits per heavy atom. The van der Waals surface area contributed by atoms with Crippen molar-refractivity contribution in [3.63, 3.8) is 0 Å². The minimum Gasteiger partial charge on any atom is -0.351 e. The quantitative estimate of drug-likeness (QED) is 0.499. The van der Waals surface area contributed by atoms with Gasteiger partial charge < -0.3 is 10.2 Å². The molecular weight excluding hydrogens is 443 g/mol. The highest BCUT2D eigenvalue weighted by molar-refractivity contribution is 6.30. The molecule has 0 spiro atoms. The molecule has 2 aromatic rings. The maximum Gasteiger partial charge on any atom is 0.247 e. The predicted molar refractivity (Wildman–Crippen MR) is 131 cm³/mol. The lowest BCUT2D eigenvalue weighted by Crippen LogP contribution is -2.49. The van der Waals surface area contributed by atoms with Gasteiger partial charge in [-0.05, 0) is 55.4 Å². The van der Waals surface area contributed by atoms with E-state index in [0.717, 1.165) is 30.4 Å². The molecule has 1 fully saturated rings. The van der Waals surface area contributed by atoms with Crippen molar-refractivity contribution in [1.82, 2.24) is 10.2 Å². The number of hydrogen-bond donors (Lipinski definition) is 1. The van der Waals surface area contributed by atoms with Crippen molar-refractivity contribution < 1.29 is 9.59 Å². The summed E-state index contributed by atoms with van der Waals surface area (Å²) in [6.07, 6.45) is 5.02. The molecule has 3 unspecified atom stereocenters. The van der Waals surface area contributed by atoms with E-state index in [-0.39, 0.29) is 23.7 Å². The van der Waals surface area contributed by atoms with E-state index in [1.54, 1.807) is 17.0 Å². The van der Waals surface area contributed by atoms with Crippen molar-refractivity contribution in [3.05, 3.63) is 70.2 Å². The van der Waals surface area contributed by atoms with Crippen LogP contribution in [0.25, 0.3) is 0 Å². The van der Waals surface area contributed by atoms with Gasteiger partial charge in [0.1, 0.15) is 11.9 Å². The van der Waals surface area contributed by atoms with Gasteiger partial charge in [-0.1, -0.05) is 73.3 Å². The minimum atomic E-state index is -0.752. The fraction of sp³-hybridized carbons (Fsp3) is 0.462. The number of carbonyl (C=O) groups is 2. The summed E-state index contributed by atoms with van der Waals surface area (Å²) in [7, 11) is 0. The second kappa shape index (κ2) is 11.7. The van der Waals surface area contributed by atoms with E-state index in [9.17, 15) is 9.59 Å². The molecule has 0 radical (unpaired) electrons. The molecule has 0 aliphatic heterocycles. The van der Waals surface area contributed by atoms with Gasteiger partial charge >= 0.3 is 0 Å². The van der Waals surface area contributed by atoms with Crippen LogP contribution in [0.4, 0.5) is 0 Å². The number of amides is 2. The third-order valence-electron chi connectivity index (χ3n) is 6.38. The zero-order valence-electron chi connectivity index (χ0n) is 18.8. The molecule has 2 amide bonds. The van der Waals surface area contributed by atoms with Crippen LogP contribution in [0.3, 0.4) is 0 Å². The van der Waals surface area contributed by atoms with Crippen molar-refractivity contribution in [2.24, 2.45) is 5.92 Å². The number of alkyl halides is 1. The number of halogens is 2. The van der Waals surface area contributed by atoms with Gasteiger partial charge in [-0.2, -0.15) is 0 Å². The molecular formula is C26H32Cl2N2O2. The van der Waals surface area contributed by atoms with Crippen LogP contribution in [0.2, 0.25) is 5.02 Å². The van der Waals surface area contributed by atoms with Crippen LogP contribution in [-0.4, -0.2) is 35.2 Å². The van der Waals surface area contributed by atoms with Crippen LogP contribution >= 0.6 is 23.2 Å². The molecule has 4 nitrogen and oxygen atoms in total. The molecule has 3 rings (SSSR count). The number of carbonyl (C=O) groups excluding carboxylic acids is 2. The van der Waals surface area contributed by atoms with Crippen molar-refractivity contribution in [1.29, 1.82) is 0 Å². The molecule has 3 atom stereocenters. The van der Waals surface area contributed by atoms with Gasteiger partial charge in [0.05, 0.1) is 0 Å². The Bertz CT molecular complexity index is 899. The van der Waals surface area contributed by atoms with Gasteiger partial charge in [0, 0.05) is 17.6 Å². The predicted octanol–water partition coefficient (Wildman–Crippen LogP) is 5.69. The normalized spacial score (nSPS) is 19.2. The summed E-state index contributed by atoms with van der Waals surface area (Å²) < 4.78 is 0. The minimum absolute atomic E-state index is 0.121. The van der Waals surface area contributed by atoms with E-state index in [1.807, 2.05) is 19.1 Å². The molecule has 172 valence electrons. The van der Waals surface area contributed by atoms with Crippen molar-refractivity contribution >= 4 is 35.0 Å². The highest BCUT2D eigenvalue weighted by Crippen LogP contribution is 2.28. The summed E-state index contributed by atoms with van der Waals surface area (Å²) in [5.74, 6) is -0.173. The summed E-state index contributed by atoms with van der Waals surface area (Å²) in [6, 6.07) is 14.7. The summed E-state index contributed by atoms with van der Waals surface area (Å²) in [5, 5.41) is 3.82. The second-order valence-electron chi connectivity index (χ2n) is 8.79. The SMILES string of the molecule is Cc1ccc(CCN(C(=O)CCl)C(C(=O)NC2CCCCC2C)c2ccc(Cl)cc2)cc1. The van der Waals surface area contributed by atoms with Crippen LogP contribution in [0.5, 0.6) is 0 Å². The van der Waals surface area contributed by atoms with E-state index in [1.165, 1.54) is 12.0 Å². The maximum atomic E-state index is 13.6. The lowest BCUT2D eigenvalue weighted by atomic mass is 9.85. The van der Waals surface area contributed by atoms with Crippen LogP contribution in [0.1, 0.15) is 55.3 Å². The van der Waals surface area contributed by atoms with E-state index < -0.39 is 6.04 Å². The summed E-state index contributed by atoms with van der Waals surface area (Å²) in [4.78, 5) is 28.1. The van der Waals surface area contributed by atoms with Crippen LogP contribution < -0.4 is 5.32 Å². The Morgan fingerprint density at radius 2 is 1.72 bits per heavy atom. The maximum absolute atomic E-state index is 13.6. The smallest absolute Gasteiger partial charge is 0.247 e. The topological polar surface area (TPSA) is 49.4 Å². The van der Waals surface area contributed by atoms with E-state index in [0.29, 0.717) is 23.9 Å². The molecule has 1 aliphatic rings. The molecule has 0 bridgehead atoms. The molecule has 1 aliphatic carbocycles. The van der Waals surface area contributed by atoms with Gasteiger partial charge in [0.2, 0.25) is 11.8 Å². The van der Waals surface area contributed by atoms with E-state index in [4.69, 9.17) is 23.2 Å². The first-order valence-corrected chi connectivity index (χ1v) is 12.3. The number of benzene rings is 2. The number of nitrogens with one attached hydrogen (secondary N) is 1. The Morgan fingerprint density at radius 1 is 1.06 bits per heavy atom. The van der Waals surface area contributed by atoms with Crippen LogP contribution in [-0.2, 0) is 16.0 Å². The number of nitrogens with zero attached hydrogens (tertiary/aromatic N) is 1. The fourth-order valence-corrected chi connectivity index (χ4v) is 4.67. The standard InChI is InChI=1S/C26H32Cl2N2O2/c1-18-7-9-20(10-8-18)15-16-30(24(31)17-27)25(21-11-13-22(28)14-12-21)26(32)29-23-6-4-3-5-19(23)2/h7-14,19,23,25H,3-6,15-17H2,1-2H3,(H,29,32). The molecule has 32 heavy (non-hydrogen) atoms. The van der Waals surface area contributed by atoms with Crippen molar-refractivity contribution in [3.8, 4) is 0 Å². The third kappa shape index (κ3) is 6.49. The number of aryl methyl sites for hydroxylation is 1. The molecule has 0 aromatic heterocycles. The van der Waals surface area contributed by atoms with Crippen LogP contribution in [0.15, 0.2) is 48.5 Å². The van der Waals surface area contributed by atoms with Gasteiger partial charge in [-0.25, -0.2) is 0 Å². The number of rotatable bonds is 8. The molecule has 1 saturated carbocycles. The zero-order chi connectivity index (χ0) is 23.1. The lowest BCUT2D eigenvalue weighted by Gasteiger charge is -2.35. The number of hydrogen-bond acceptors (Lipinski definition) is 2. The van der Waals surface area contributed by atoms with Crippen molar-refractivity contribution in [2.45, 2.75) is 58.0 Å². The largest absolute Gasteiger partial charge is 0.351 e. The molecule has 0 saturated heterocycles. The van der Waals surface area contributed by atoms with E-state index >= 15 is 0 Å². The highest BCUT2D eigenvalue weighted by atomic mass is 35.5. The Labute approximate surface area is 201 Å². The van der Waals surface area contributed by atoms with Gasteiger partial charge in [-0.15, -0.1) is 11.6 Å². The molecule has 0 heterocycles. The first-order chi connectivity index (χ1) is 15.4. The zero-order valence-corrected chi connectivity index (χ0v) is 20.3. The molecule has 2 aromatic carbocycles. The monoisotopic (exact) mass is 474 g/mol. The van der Waals surface area contributed by atoms with E-state index in [2.05, 4.69) is 36.5 Å². The molecule has 1 N–H and O–H groups in total. The third-order valence-corrected chi connectivity index (χ3v) is 6.86. The second-order valence-corrected chi connectivity index (χ2v) is 9.49. The van der Waals surface area contributed by atoms with Gasteiger partial charge in [-0.3, -0.25) is 9.59 Å². The fourth-order valence-electron chi connectivity index (χ4n) is 4.39. The summed E-state index contributed by atoms with van der Waals surface area (Å²) in [6.45, 7) is 4.62. The molecule has 6 heteroatoms. The van der Waals surface area contributed by atoms with Crippen LogP contribution in [0, 0.1) is 12.8 Å². The first-order valence-electron chi connectivity index (χ1n) is 11.4. The Balaban J connectivity index is 1.87. The first kappa shape index (κ1) is 24.6. The Hall–Kier alpha value is -2.04. The highest BCUT2D eigenvalue weighted by Gasteiger charge is 2.33. The summed E-state index contributed by atoms with van der Waals surface area (Å²) >= 11 is 12.1. The lowest BCUT2D eigenvalue weighted by molar-refractivity contribution is -0.139. The van der Waals surface area contributed by atoms with Crippen molar-refractivity contribution in [2.75, 3.05) is 12.4 Å². The average molecular weight is 475 g/mol. The summed E-state index contributed by atoms with van der Waals surface area (Å²) in [5.41, 5.74) is 3.03. The van der Waals surface area contributed by atoms with Gasteiger partial charge in [0.25, 0.3) is 0 Å². The average Bonchev–Trinajstić information content (AvgIpc) is 2.79. The van der Waals surface area contributed by atoms with Gasteiger partial charge in [0.15, 0.2) is 0 Å². The Kier molecular flexibility index (Phi) is 9.01.